The molecular weight excluding hydrogens is 444 g/mol. The molecule has 3 aromatic heterocycles. The third kappa shape index (κ3) is 5.09. The third-order valence-corrected chi connectivity index (χ3v) is 6.46. The van der Waals surface area contributed by atoms with E-state index in [4.69, 9.17) is 0 Å². The average Bonchev–Trinajstić information content (AvgIpc) is 3.25. The van der Waals surface area contributed by atoms with Crippen molar-refractivity contribution in [2.45, 2.75) is 13.0 Å². The fraction of sp³-hybridized carbons (Fsp3) is 0.292. The van der Waals surface area contributed by atoms with Crippen LogP contribution in [-0.4, -0.2) is 53.5 Å². The molecule has 0 saturated carbocycles. The van der Waals surface area contributed by atoms with Crippen molar-refractivity contribution in [3.05, 3.63) is 54.6 Å². The van der Waals surface area contributed by atoms with Crippen molar-refractivity contribution in [1.29, 1.82) is 0 Å². The monoisotopic (exact) mass is 469 g/mol. The van der Waals surface area contributed by atoms with Gasteiger partial charge in [0.2, 0.25) is 5.95 Å². The number of rotatable bonds is 8. The number of hydrogen-bond donors (Lipinski definition) is 2. The number of nitrogens with zero attached hydrogens (tertiary/aromatic N) is 4. The second-order valence-corrected chi connectivity index (χ2v) is 9.15. The van der Waals surface area contributed by atoms with E-state index in [1.54, 1.807) is 25.3 Å². The maximum atomic E-state index is 14.9. The van der Waals surface area contributed by atoms with Crippen LogP contribution in [0.2, 0.25) is 0 Å². The Balaban J connectivity index is 1.54. The lowest BCUT2D eigenvalue weighted by molar-refractivity contribution is 0.0936. The van der Waals surface area contributed by atoms with E-state index >= 15 is 0 Å². The highest BCUT2D eigenvalue weighted by atomic mass is 32.1. The van der Waals surface area contributed by atoms with E-state index in [1.807, 2.05) is 49.3 Å². The van der Waals surface area contributed by atoms with Crippen molar-refractivity contribution >= 4 is 33.1 Å². The molecule has 0 aliphatic heterocycles. The highest BCUT2D eigenvalue weighted by Crippen LogP contribution is 2.33. The van der Waals surface area contributed by atoms with E-state index in [2.05, 4.69) is 20.3 Å². The molecule has 0 fully saturated rings. The van der Waals surface area contributed by atoms with Crippen molar-refractivity contribution in [2.24, 2.45) is 5.92 Å². The molecule has 4 rings (SSSR count). The van der Waals surface area contributed by atoms with Crippen molar-refractivity contribution in [3.8, 4) is 21.8 Å². The maximum absolute atomic E-state index is 14.9. The smallest absolute Gasteiger partial charge is 0.223 e. The minimum atomic E-state index is -0.989. The van der Waals surface area contributed by atoms with Crippen molar-refractivity contribution in [2.75, 3.05) is 37.5 Å². The van der Waals surface area contributed by atoms with Gasteiger partial charge in [0.15, 0.2) is 0 Å². The Bertz CT molecular complexity index is 1250. The number of thiazole rings is 1. The van der Waals surface area contributed by atoms with Crippen LogP contribution in [0.3, 0.4) is 0 Å². The first kappa shape index (κ1) is 23.0. The average molecular weight is 470 g/mol. The first-order valence-electron chi connectivity index (χ1n) is 10.5. The summed E-state index contributed by atoms with van der Waals surface area (Å²) in [5.41, 5.74) is 3.17. The number of fused-ring (bicyclic) bond motifs is 1. The van der Waals surface area contributed by atoms with Gasteiger partial charge in [-0.3, -0.25) is 0 Å². The van der Waals surface area contributed by atoms with Gasteiger partial charge < -0.3 is 15.3 Å². The third-order valence-electron chi connectivity index (χ3n) is 5.41. The molecule has 6 nitrogen and oxygen atoms in total. The van der Waals surface area contributed by atoms with E-state index < -0.39 is 18.7 Å². The van der Waals surface area contributed by atoms with E-state index in [-0.39, 0.29) is 5.92 Å². The minimum absolute atomic E-state index is 0.226. The predicted octanol–water partition coefficient (Wildman–Crippen LogP) is 5.00. The Kier molecular flexibility index (Phi) is 6.80. The summed E-state index contributed by atoms with van der Waals surface area (Å²) in [7, 11) is 3.81. The number of nitrogens with one attached hydrogen (secondary N) is 1. The second-order valence-electron chi connectivity index (χ2n) is 8.12. The number of pyridine rings is 2. The summed E-state index contributed by atoms with van der Waals surface area (Å²) in [6.07, 6.45) is 0.688. The van der Waals surface area contributed by atoms with Gasteiger partial charge in [-0.25, -0.2) is 19.3 Å². The summed E-state index contributed by atoms with van der Waals surface area (Å²) in [5.74, 6) is -0.00135. The molecule has 0 aliphatic rings. The van der Waals surface area contributed by atoms with E-state index in [9.17, 15) is 13.9 Å². The molecule has 2 atom stereocenters. The molecule has 172 valence electrons. The van der Waals surface area contributed by atoms with Crippen molar-refractivity contribution in [1.82, 2.24) is 15.0 Å². The van der Waals surface area contributed by atoms with Crippen molar-refractivity contribution in [3.63, 3.8) is 0 Å². The molecule has 3 heterocycles. The molecule has 1 aromatic carbocycles. The highest BCUT2D eigenvalue weighted by molar-refractivity contribution is 7.21. The molecule has 2 N–H and O–H groups in total. The number of aliphatic hydroxyl groups excluding tert-OH is 1. The van der Waals surface area contributed by atoms with Crippen LogP contribution in [0.1, 0.15) is 6.92 Å². The molecule has 1 unspecified atom stereocenters. The Hall–Kier alpha value is -3.17. The number of halogens is 2. The van der Waals surface area contributed by atoms with Gasteiger partial charge in [-0.2, -0.15) is 4.39 Å². The fourth-order valence-corrected chi connectivity index (χ4v) is 4.29. The molecule has 0 radical (unpaired) electrons. The summed E-state index contributed by atoms with van der Waals surface area (Å²) in [6, 6.07) is 12.8. The molecule has 0 aliphatic carbocycles. The molecule has 0 spiro atoms. The zero-order valence-corrected chi connectivity index (χ0v) is 19.4. The molecule has 0 amide bonds. The van der Waals surface area contributed by atoms with Crippen LogP contribution in [0, 0.1) is 11.9 Å². The summed E-state index contributed by atoms with van der Waals surface area (Å²) < 4.78 is 28.4. The molecule has 33 heavy (non-hydrogen) atoms. The first-order chi connectivity index (χ1) is 15.9. The molecule has 9 heteroatoms. The van der Waals surface area contributed by atoms with Gasteiger partial charge in [-0.15, -0.1) is 11.3 Å². The normalized spacial score (nSPS) is 13.2. The number of aromatic nitrogens is 3. The Morgan fingerprint density at radius 1 is 1.12 bits per heavy atom. The lowest BCUT2D eigenvalue weighted by Gasteiger charge is -2.17. The minimum Gasteiger partial charge on any atom is -0.390 e. The zero-order chi connectivity index (χ0) is 23.5. The SMILES string of the molecule is CC(CNc1ccc2nc(-c3ccc(-c4ccc(N(C)C)nc4)nc3F)sc2c1)[C@H](O)CF. The van der Waals surface area contributed by atoms with Crippen LogP contribution in [0.15, 0.2) is 48.7 Å². The lowest BCUT2D eigenvalue weighted by Crippen LogP contribution is -2.26. The molecular formula is C24H25F2N5OS. The summed E-state index contributed by atoms with van der Waals surface area (Å²) >= 11 is 1.37. The van der Waals surface area contributed by atoms with Gasteiger partial charge in [-0.1, -0.05) is 6.92 Å². The first-order valence-corrected chi connectivity index (χ1v) is 11.4. The topological polar surface area (TPSA) is 74.2 Å². The molecule has 4 aromatic rings. The van der Waals surface area contributed by atoms with Crippen LogP contribution >= 0.6 is 11.3 Å². The number of alkyl halides is 1. The van der Waals surface area contributed by atoms with Crippen LogP contribution in [0.25, 0.3) is 32.0 Å². The van der Waals surface area contributed by atoms with Crippen LogP contribution in [-0.2, 0) is 0 Å². The lowest BCUT2D eigenvalue weighted by atomic mass is 10.1. The molecule has 0 saturated heterocycles. The van der Waals surface area contributed by atoms with Gasteiger partial charge in [0.1, 0.15) is 17.5 Å². The Morgan fingerprint density at radius 3 is 2.61 bits per heavy atom. The van der Waals surface area contributed by atoms with Crippen LogP contribution < -0.4 is 10.2 Å². The number of anilines is 2. The standard InChI is InChI=1S/C24H25F2N5OS/c1-14(20(32)11-25)12-27-16-5-7-19-21(10-16)33-24(30-19)17-6-8-18(29-23(17)26)15-4-9-22(28-13-15)31(2)3/h4-10,13-14,20,27,32H,11-12H2,1-3H3/t14?,20-/m1/s1. The van der Waals surface area contributed by atoms with Gasteiger partial charge in [-0.05, 0) is 42.5 Å². The van der Waals surface area contributed by atoms with Crippen LogP contribution in [0.5, 0.6) is 0 Å². The van der Waals surface area contributed by atoms with Gasteiger partial charge in [0.05, 0.1) is 27.6 Å². The number of benzene rings is 1. The van der Waals surface area contributed by atoms with Gasteiger partial charge >= 0.3 is 0 Å². The zero-order valence-electron chi connectivity index (χ0n) is 18.6. The largest absolute Gasteiger partial charge is 0.390 e. The number of hydrogen-bond acceptors (Lipinski definition) is 7. The Labute approximate surface area is 195 Å². The highest BCUT2D eigenvalue weighted by Gasteiger charge is 2.16. The number of aliphatic hydroxyl groups is 1. The van der Waals surface area contributed by atoms with Gasteiger partial charge in [0.25, 0.3) is 0 Å². The van der Waals surface area contributed by atoms with Gasteiger partial charge in [0, 0.05) is 44.0 Å². The quantitative estimate of drug-likeness (QED) is 0.354. The fourth-order valence-electron chi connectivity index (χ4n) is 3.27. The predicted molar refractivity (Wildman–Crippen MR) is 130 cm³/mol. The van der Waals surface area contributed by atoms with Crippen LogP contribution in [0.4, 0.5) is 20.3 Å². The van der Waals surface area contributed by atoms with Crippen molar-refractivity contribution < 1.29 is 13.9 Å². The summed E-state index contributed by atoms with van der Waals surface area (Å²) in [5, 5.41) is 13.3. The second kappa shape index (κ2) is 9.76. The summed E-state index contributed by atoms with van der Waals surface area (Å²) in [6.45, 7) is 1.45. The van der Waals surface area contributed by atoms with E-state index in [1.165, 1.54) is 11.3 Å². The summed E-state index contributed by atoms with van der Waals surface area (Å²) in [4.78, 5) is 14.9. The van der Waals surface area contributed by atoms with E-state index in [0.29, 0.717) is 22.8 Å². The Morgan fingerprint density at radius 2 is 1.94 bits per heavy atom. The molecule has 0 bridgehead atoms. The maximum Gasteiger partial charge on any atom is 0.223 e. The van der Waals surface area contributed by atoms with E-state index in [0.717, 1.165) is 27.3 Å².